The second-order valence-electron chi connectivity index (χ2n) is 4.73. The SMILES string of the molecule is C#CCOc1cccc(CNCc2ccc(C)cc2)c1. The van der Waals surface area contributed by atoms with Gasteiger partial charge in [0.05, 0.1) is 0 Å². The van der Waals surface area contributed by atoms with Crippen LogP contribution in [-0.4, -0.2) is 6.61 Å². The lowest BCUT2D eigenvalue weighted by molar-refractivity contribution is 0.370. The first kappa shape index (κ1) is 14.2. The van der Waals surface area contributed by atoms with Crippen molar-refractivity contribution in [1.29, 1.82) is 0 Å². The van der Waals surface area contributed by atoms with Gasteiger partial charge in [0.15, 0.2) is 0 Å². The van der Waals surface area contributed by atoms with Crippen LogP contribution < -0.4 is 10.1 Å². The Morgan fingerprint density at radius 3 is 2.55 bits per heavy atom. The van der Waals surface area contributed by atoms with Crippen LogP contribution in [0.5, 0.6) is 5.75 Å². The maximum Gasteiger partial charge on any atom is 0.148 e. The van der Waals surface area contributed by atoms with Crippen molar-refractivity contribution < 1.29 is 4.74 Å². The predicted molar refractivity (Wildman–Crippen MR) is 82.5 cm³/mol. The van der Waals surface area contributed by atoms with Gasteiger partial charge in [-0.1, -0.05) is 47.9 Å². The topological polar surface area (TPSA) is 21.3 Å². The minimum atomic E-state index is 0.306. The molecule has 0 radical (unpaired) electrons. The minimum Gasteiger partial charge on any atom is -0.481 e. The molecule has 0 aliphatic rings. The lowest BCUT2D eigenvalue weighted by Gasteiger charge is -2.08. The first-order valence-corrected chi connectivity index (χ1v) is 6.69. The molecule has 0 unspecified atom stereocenters. The first-order valence-electron chi connectivity index (χ1n) is 6.69. The van der Waals surface area contributed by atoms with E-state index in [1.54, 1.807) is 0 Å². The van der Waals surface area contributed by atoms with Crippen molar-refractivity contribution in [2.45, 2.75) is 20.0 Å². The summed E-state index contributed by atoms with van der Waals surface area (Å²) in [6.07, 6.45) is 5.18. The third-order valence-electron chi connectivity index (χ3n) is 3.00. The van der Waals surface area contributed by atoms with Gasteiger partial charge in [0.1, 0.15) is 12.4 Å². The van der Waals surface area contributed by atoms with E-state index < -0.39 is 0 Å². The summed E-state index contributed by atoms with van der Waals surface area (Å²) in [5.74, 6) is 3.28. The predicted octanol–water partition coefficient (Wildman–Crippen LogP) is 3.30. The second-order valence-corrected chi connectivity index (χ2v) is 4.73. The fourth-order valence-corrected chi connectivity index (χ4v) is 1.93. The van der Waals surface area contributed by atoms with Crippen LogP contribution in [0.4, 0.5) is 0 Å². The largest absolute Gasteiger partial charge is 0.481 e. The van der Waals surface area contributed by atoms with Gasteiger partial charge in [-0.2, -0.15) is 0 Å². The molecule has 0 saturated carbocycles. The molecule has 0 spiro atoms. The molecule has 20 heavy (non-hydrogen) atoms. The van der Waals surface area contributed by atoms with E-state index in [-0.39, 0.29) is 0 Å². The number of hydrogen-bond donors (Lipinski definition) is 1. The molecular weight excluding hydrogens is 246 g/mol. The van der Waals surface area contributed by atoms with Crippen LogP contribution in [0.2, 0.25) is 0 Å². The number of rotatable bonds is 6. The lowest BCUT2D eigenvalue weighted by Crippen LogP contribution is -2.12. The molecule has 0 atom stereocenters. The molecule has 0 bridgehead atoms. The number of terminal acetylenes is 1. The van der Waals surface area contributed by atoms with Gasteiger partial charge in [-0.25, -0.2) is 0 Å². The second kappa shape index (κ2) is 7.37. The summed E-state index contributed by atoms with van der Waals surface area (Å²) >= 11 is 0. The van der Waals surface area contributed by atoms with Crippen molar-refractivity contribution in [2.24, 2.45) is 0 Å². The Balaban J connectivity index is 1.84. The van der Waals surface area contributed by atoms with Crippen molar-refractivity contribution in [3.8, 4) is 18.1 Å². The minimum absolute atomic E-state index is 0.306. The number of nitrogens with one attached hydrogen (secondary N) is 1. The molecular formula is C18H19NO. The molecule has 0 heterocycles. The van der Waals surface area contributed by atoms with Gasteiger partial charge in [-0.05, 0) is 30.2 Å². The number of benzene rings is 2. The average molecular weight is 265 g/mol. The van der Waals surface area contributed by atoms with E-state index in [1.165, 1.54) is 16.7 Å². The summed E-state index contributed by atoms with van der Waals surface area (Å²) < 4.78 is 5.41. The monoisotopic (exact) mass is 265 g/mol. The zero-order valence-electron chi connectivity index (χ0n) is 11.7. The maximum atomic E-state index is 5.41. The van der Waals surface area contributed by atoms with Crippen LogP contribution in [0, 0.1) is 19.3 Å². The van der Waals surface area contributed by atoms with E-state index in [0.29, 0.717) is 6.61 Å². The molecule has 2 nitrogen and oxygen atoms in total. The van der Waals surface area contributed by atoms with Crippen LogP contribution in [-0.2, 0) is 13.1 Å². The first-order chi connectivity index (χ1) is 9.78. The Labute approximate surface area is 120 Å². The molecule has 2 heteroatoms. The lowest BCUT2D eigenvalue weighted by atomic mass is 10.1. The van der Waals surface area contributed by atoms with Crippen LogP contribution in [0.1, 0.15) is 16.7 Å². The Kier molecular flexibility index (Phi) is 5.23. The fraction of sp³-hybridized carbons (Fsp3) is 0.222. The average Bonchev–Trinajstić information content (AvgIpc) is 2.48. The highest BCUT2D eigenvalue weighted by molar-refractivity contribution is 5.29. The van der Waals surface area contributed by atoms with Gasteiger partial charge in [0.2, 0.25) is 0 Å². The number of aryl methyl sites for hydroxylation is 1. The third-order valence-corrected chi connectivity index (χ3v) is 3.00. The van der Waals surface area contributed by atoms with E-state index in [0.717, 1.165) is 18.8 Å². The van der Waals surface area contributed by atoms with Crippen molar-refractivity contribution in [3.05, 3.63) is 65.2 Å². The molecule has 0 aliphatic carbocycles. The van der Waals surface area contributed by atoms with Gasteiger partial charge in [0, 0.05) is 13.1 Å². The number of hydrogen-bond acceptors (Lipinski definition) is 2. The quantitative estimate of drug-likeness (QED) is 0.809. The van der Waals surface area contributed by atoms with Crippen molar-refractivity contribution in [1.82, 2.24) is 5.32 Å². The zero-order chi connectivity index (χ0) is 14.2. The Bertz CT molecular complexity index is 581. The summed E-state index contributed by atoms with van der Waals surface area (Å²) in [6, 6.07) is 16.5. The highest BCUT2D eigenvalue weighted by atomic mass is 16.5. The van der Waals surface area contributed by atoms with Gasteiger partial charge in [-0.3, -0.25) is 0 Å². The number of ether oxygens (including phenoxy) is 1. The Hall–Kier alpha value is -2.24. The van der Waals surface area contributed by atoms with Crippen molar-refractivity contribution in [3.63, 3.8) is 0 Å². The van der Waals surface area contributed by atoms with Crippen LogP contribution >= 0.6 is 0 Å². The van der Waals surface area contributed by atoms with Gasteiger partial charge in [0.25, 0.3) is 0 Å². The molecule has 0 aliphatic heterocycles. The van der Waals surface area contributed by atoms with Gasteiger partial charge < -0.3 is 10.1 Å². The van der Waals surface area contributed by atoms with Crippen LogP contribution in [0.15, 0.2) is 48.5 Å². The molecule has 2 rings (SSSR count). The normalized spacial score (nSPS) is 10.0. The van der Waals surface area contributed by atoms with Crippen LogP contribution in [0.25, 0.3) is 0 Å². The summed E-state index contributed by atoms with van der Waals surface area (Å²) in [4.78, 5) is 0. The molecule has 0 saturated heterocycles. The standard InChI is InChI=1S/C18H19NO/c1-3-11-20-18-6-4-5-17(12-18)14-19-13-16-9-7-15(2)8-10-16/h1,4-10,12,19H,11,13-14H2,2H3. The van der Waals surface area contributed by atoms with Crippen molar-refractivity contribution >= 4 is 0 Å². The molecule has 0 fully saturated rings. The van der Waals surface area contributed by atoms with E-state index in [9.17, 15) is 0 Å². The molecule has 2 aromatic carbocycles. The van der Waals surface area contributed by atoms with Gasteiger partial charge in [-0.15, -0.1) is 6.42 Å². The molecule has 102 valence electrons. The van der Waals surface area contributed by atoms with E-state index >= 15 is 0 Å². The zero-order valence-corrected chi connectivity index (χ0v) is 11.7. The Morgan fingerprint density at radius 2 is 1.80 bits per heavy atom. The fourth-order valence-electron chi connectivity index (χ4n) is 1.93. The van der Waals surface area contributed by atoms with Crippen molar-refractivity contribution in [2.75, 3.05) is 6.61 Å². The molecule has 2 aromatic rings. The summed E-state index contributed by atoms with van der Waals surface area (Å²) in [5, 5.41) is 3.42. The molecule has 0 aromatic heterocycles. The van der Waals surface area contributed by atoms with E-state index in [2.05, 4.69) is 48.5 Å². The molecule has 1 N–H and O–H groups in total. The summed E-state index contributed by atoms with van der Waals surface area (Å²) in [5.41, 5.74) is 3.76. The Morgan fingerprint density at radius 1 is 1.05 bits per heavy atom. The van der Waals surface area contributed by atoms with Crippen LogP contribution in [0.3, 0.4) is 0 Å². The van der Waals surface area contributed by atoms with E-state index in [1.807, 2.05) is 18.2 Å². The third kappa shape index (κ3) is 4.46. The smallest absolute Gasteiger partial charge is 0.148 e. The van der Waals surface area contributed by atoms with Gasteiger partial charge >= 0.3 is 0 Å². The molecule has 0 amide bonds. The maximum absolute atomic E-state index is 5.41. The van der Waals surface area contributed by atoms with E-state index in [4.69, 9.17) is 11.2 Å². The summed E-state index contributed by atoms with van der Waals surface area (Å²) in [6.45, 7) is 4.07. The highest BCUT2D eigenvalue weighted by Gasteiger charge is 1.97. The summed E-state index contributed by atoms with van der Waals surface area (Å²) in [7, 11) is 0. The highest BCUT2D eigenvalue weighted by Crippen LogP contribution is 2.13.